The van der Waals surface area contributed by atoms with E-state index in [2.05, 4.69) is 28.8 Å². The summed E-state index contributed by atoms with van der Waals surface area (Å²) in [6.07, 6.45) is 7.12. The van der Waals surface area contributed by atoms with Crippen molar-refractivity contribution >= 4 is 11.8 Å². The van der Waals surface area contributed by atoms with Gasteiger partial charge in [-0.2, -0.15) is 11.8 Å². The van der Waals surface area contributed by atoms with Crippen molar-refractivity contribution in [2.45, 2.75) is 55.8 Å². The lowest BCUT2D eigenvalue weighted by Gasteiger charge is -2.46. The summed E-state index contributed by atoms with van der Waals surface area (Å²) >= 11 is 2.24. The molecule has 1 aromatic carbocycles. The van der Waals surface area contributed by atoms with Crippen LogP contribution in [-0.2, 0) is 6.61 Å². The van der Waals surface area contributed by atoms with Crippen LogP contribution < -0.4 is 4.74 Å². The van der Waals surface area contributed by atoms with E-state index in [1.54, 1.807) is 11.1 Å². The van der Waals surface area contributed by atoms with Crippen molar-refractivity contribution in [3.63, 3.8) is 0 Å². The van der Waals surface area contributed by atoms with Crippen LogP contribution in [0.2, 0.25) is 0 Å². The summed E-state index contributed by atoms with van der Waals surface area (Å²) in [5.41, 5.74) is 4.74. The minimum atomic E-state index is 0.731. The highest BCUT2D eigenvalue weighted by atomic mass is 32.2. The number of hydrogen-bond acceptors (Lipinski definition) is 3. The van der Waals surface area contributed by atoms with E-state index in [-0.39, 0.29) is 0 Å². The number of benzene rings is 1. The Bertz CT molecular complexity index is 600. The van der Waals surface area contributed by atoms with E-state index in [4.69, 9.17) is 4.74 Å². The second-order valence-corrected chi connectivity index (χ2v) is 10.1. The fourth-order valence-electron chi connectivity index (χ4n) is 6.20. The van der Waals surface area contributed by atoms with Gasteiger partial charge in [-0.3, -0.25) is 0 Å². The maximum absolute atomic E-state index is 6.16. The summed E-state index contributed by atoms with van der Waals surface area (Å²) in [5.74, 6) is 6.01. The molecule has 128 valence electrons. The van der Waals surface area contributed by atoms with Crippen molar-refractivity contribution < 1.29 is 4.74 Å². The van der Waals surface area contributed by atoms with Gasteiger partial charge in [0.15, 0.2) is 0 Å². The molecule has 1 saturated carbocycles. The van der Waals surface area contributed by atoms with Gasteiger partial charge in [0.05, 0.1) is 0 Å². The lowest BCUT2D eigenvalue weighted by atomic mass is 9.71. The molecule has 2 nitrogen and oxygen atoms in total. The van der Waals surface area contributed by atoms with E-state index in [0.717, 1.165) is 35.5 Å². The summed E-state index contributed by atoms with van der Waals surface area (Å²) in [6.45, 7) is 4.76. The molecule has 4 unspecified atom stereocenters. The molecule has 0 aromatic heterocycles. The molecular formula is C21H27NOS. The Balaban J connectivity index is 1.35. The van der Waals surface area contributed by atoms with Crippen LogP contribution in [0.3, 0.4) is 0 Å². The molecular weight excluding hydrogens is 314 g/mol. The van der Waals surface area contributed by atoms with Crippen LogP contribution in [0.15, 0.2) is 12.1 Å². The van der Waals surface area contributed by atoms with Crippen molar-refractivity contribution in [3.05, 3.63) is 28.8 Å². The first-order valence-electron chi connectivity index (χ1n) is 9.98. The molecule has 4 atom stereocenters. The van der Waals surface area contributed by atoms with E-state index in [1.807, 2.05) is 0 Å². The molecule has 0 N–H and O–H groups in total. The quantitative estimate of drug-likeness (QED) is 0.792. The molecule has 6 bridgehead atoms. The van der Waals surface area contributed by atoms with Gasteiger partial charge >= 0.3 is 0 Å². The fourth-order valence-corrected chi connectivity index (χ4v) is 7.77. The Kier molecular flexibility index (Phi) is 3.27. The van der Waals surface area contributed by atoms with Crippen LogP contribution >= 0.6 is 11.8 Å². The van der Waals surface area contributed by atoms with E-state index < -0.39 is 0 Å². The third-order valence-electron chi connectivity index (χ3n) is 7.60. The van der Waals surface area contributed by atoms with Gasteiger partial charge in [-0.05, 0) is 97.5 Å². The van der Waals surface area contributed by atoms with Crippen molar-refractivity contribution in [3.8, 4) is 5.75 Å². The Morgan fingerprint density at radius 3 is 2.46 bits per heavy atom. The van der Waals surface area contributed by atoms with Gasteiger partial charge in [0.2, 0.25) is 0 Å². The summed E-state index contributed by atoms with van der Waals surface area (Å²) in [5, 5.41) is 0.929. The molecule has 0 radical (unpaired) electrons. The topological polar surface area (TPSA) is 12.5 Å². The Labute approximate surface area is 149 Å². The summed E-state index contributed by atoms with van der Waals surface area (Å²) in [7, 11) is 0. The number of rotatable bonds is 2. The number of piperidine rings is 3. The molecule has 0 amide bonds. The highest BCUT2D eigenvalue weighted by Gasteiger charge is 2.41. The van der Waals surface area contributed by atoms with Gasteiger partial charge in [0, 0.05) is 17.7 Å². The average Bonchev–Trinajstić information content (AvgIpc) is 2.70. The largest absolute Gasteiger partial charge is 0.489 e. The van der Waals surface area contributed by atoms with Crippen LogP contribution in [-0.4, -0.2) is 35.5 Å². The second kappa shape index (κ2) is 5.41. The highest BCUT2D eigenvalue weighted by Crippen LogP contribution is 2.52. The van der Waals surface area contributed by atoms with Crippen molar-refractivity contribution in [1.29, 1.82) is 0 Å². The molecule has 3 heteroatoms. The predicted octanol–water partition coefficient (Wildman–Crippen LogP) is 4.39. The summed E-state index contributed by atoms with van der Waals surface area (Å²) in [4.78, 5) is 2.67. The van der Waals surface area contributed by atoms with Crippen molar-refractivity contribution in [2.24, 2.45) is 11.8 Å². The second-order valence-electron chi connectivity index (χ2n) is 8.76. The smallest absolute Gasteiger partial charge is 0.123 e. The standard InChI is InChI=1S/C21H27NOS/c1-2-16-8-17(14(1)12-24-16)18-9-21-19(7-15(18)11-23-21)20-10-22-5-3-13(20)4-6-22/h7,9,13-14,16-17,20H,1-6,8,10-12H2. The SMILES string of the molecule is c1c2c(C3CN4CCC3CC4)cc(c1C1CC3CCC1CS3)CO2. The molecule has 9 rings (SSSR count). The van der Waals surface area contributed by atoms with E-state index in [0.29, 0.717) is 0 Å². The normalized spacial score (nSPS) is 42.3. The van der Waals surface area contributed by atoms with E-state index in [1.165, 1.54) is 68.8 Å². The monoisotopic (exact) mass is 341 g/mol. The molecule has 7 aliphatic heterocycles. The first-order chi connectivity index (χ1) is 11.8. The van der Waals surface area contributed by atoms with Gasteiger partial charge < -0.3 is 9.64 Å². The maximum atomic E-state index is 6.16. The molecule has 8 aliphatic rings. The molecule has 6 fully saturated rings. The van der Waals surface area contributed by atoms with Crippen LogP contribution in [0.5, 0.6) is 5.75 Å². The zero-order valence-electron chi connectivity index (χ0n) is 14.4. The lowest BCUT2D eigenvalue weighted by molar-refractivity contribution is 0.0846. The predicted molar refractivity (Wildman–Crippen MR) is 99.0 cm³/mol. The Morgan fingerprint density at radius 2 is 1.88 bits per heavy atom. The van der Waals surface area contributed by atoms with Crippen molar-refractivity contribution in [1.82, 2.24) is 4.90 Å². The van der Waals surface area contributed by atoms with Crippen LogP contribution in [0, 0.1) is 11.8 Å². The molecule has 24 heavy (non-hydrogen) atoms. The number of fused-ring (bicyclic) bond motifs is 11. The number of thioether (sulfide) groups is 1. The van der Waals surface area contributed by atoms with E-state index in [9.17, 15) is 0 Å². The highest BCUT2D eigenvalue weighted by molar-refractivity contribution is 8.00. The fraction of sp³-hybridized carbons (Fsp3) is 0.714. The summed E-state index contributed by atoms with van der Waals surface area (Å²) < 4.78 is 6.16. The number of ether oxygens (including phenoxy) is 1. The Morgan fingerprint density at radius 1 is 0.958 bits per heavy atom. The first kappa shape index (κ1) is 14.5. The van der Waals surface area contributed by atoms with Crippen LogP contribution in [0.4, 0.5) is 0 Å². The minimum Gasteiger partial charge on any atom is -0.489 e. The molecule has 7 heterocycles. The van der Waals surface area contributed by atoms with Crippen LogP contribution in [0.1, 0.15) is 60.6 Å². The maximum Gasteiger partial charge on any atom is 0.123 e. The van der Waals surface area contributed by atoms with Gasteiger partial charge in [0.25, 0.3) is 0 Å². The minimum absolute atomic E-state index is 0.731. The lowest BCUT2D eigenvalue weighted by Crippen LogP contribution is -2.46. The average molecular weight is 342 g/mol. The van der Waals surface area contributed by atoms with Gasteiger partial charge in [-0.25, -0.2) is 0 Å². The molecule has 5 saturated heterocycles. The third kappa shape index (κ3) is 2.13. The van der Waals surface area contributed by atoms with Crippen LogP contribution in [0.25, 0.3) is 0 Å². The van der Waals surface area contributed by atoms with E-state index >= 15 is 0 Å². The third-order valence-corrected chi connectivity index (χ3v) is 9.12. The Hall–Kier alpha value is -0.670. The van der Waals surface area contributed by atoms with Gasteiger partial charge in [0.1, 0.15) is 12.4 Å². The number of nitrogens with zero attached hydrogens (tertiary/aromatic N) is 1. The van der Waals surface area contributed by atoms with Gasteiger partial charge in [-0.1, -0.05) is 0 Å². The molecule has 1 aliphatic carbocycles. The molecule has 0 spiro atoms. The number of hydrogen-bond donors (Lipinski definition) is 0. The zero-order valence-corrected chi connectivity index (χ0v) is 15.2. The summed E-state index contributed by atoms with van der Waals surface area (Å²) in [6, 6.07) is 5.04. The van der Waals surface area contributed by atoms with Gasteiger partial charge in [-0.15, -0.1) is 0 Å². The molecule has 1 aromatic rings. The zero-order chi connectivity index (χ0) is 15.7. The first-order valence-corrected chi connectivity index (χ1v) is 11.0. The van der Waals surface area contributed by atoms with Crippen molar-refractivity contribution in [2.75, 3.05) is 25.4 Å².